The highest BCUT2D eigenvalue weighted by Gasteiger charge is 2.42. The van der Waals surface area contributed by atoms with E-state index in [1.165, 1.54) is 35.0 Å². The molecule has 0 aliphatic heterocycles. The number of aryl methyl sites for hydroxylation is 3. The van der Waals surface area contributed by atoms with Crippen LogP contribution in [-0.2, 0) is 42.8 Å². The third-order valence-corrected chi connectivity index (χ3v) is 9.17. The molecule has 0 aliphatic carbocycles. The summed E-state index contributed by atoms with van der Waals surface area (Å²) in [5.74, 6) is -2.63. The number of alkyl halides is 3. The van der Waals surface area contributed by atoms with Gasteiger partial charge < -0.3 is 15.2 Å². The van der Waals surface area contributed by atoms with E-state index in [-0.39, 0.29) is 47.7 Å². The fourth-order valence-electron chi connectivity index (χ4n) is 6.40. The molecule has 2 N–H and O–H groups in total. The fourth-order valence-corrected chi connectivity index (χ4v) is 6.40. The Hall–Kier alpha value is -4.84. The standard InChI is InChI=1S/C37H38F5N5O2/c1-4-46(5-2)20-19-36(35(43)49,22-24-9-11-25(12-10-24)26-13-16-28(17-14-26)37(40,41)42)47-29(18-15-27-7-6-8-31(38)33(27)39)21-32(48)30-23-45(3)44-34(30)47/h6-14,16-17,21,23H,4-5,15,18-20,22H2,1-3H3,(H2,43,49). The van der Waals surface area contributed by atoms with Crippen molar-refractivity contribution in [1.82, 2.24) is 19.2 Å². The van der Waals surface area contributed by atoms with Gasteiger partial charge in [0, 0.05) is 38.0 Å². The van der Waals surface area contributed by atoms with Crippen molar-refractivity contribution in [2.75, 3.05) is 19.6 Å². The van der Waals surface area contributed by atoms with E-state index in [9.17, 15) is 31.5 Å². The maximum absolute atomic E-state index is 14.7. The average molecular weight is 680 g/mol. The van der Waals surface area contributed by atoms with Crippen LogP contribution in [-0.4, -0.2) is 44.8 Å². The van der Waals surface area contributed by atoms with Crippen LogP contribution >= 0.6 is 0 Å². The molecule has 1 atom stereocenters. The molecule has 3 aromatic carbocycles. The number of benzene rings is 3. The number of carbonyl (C=O) groups excluding carboxylic acids is 1. The molecule has 0 bridgehead atoms. The zero-order chi connectivity index (χ0) is 35.5. The highest BCUT2D eigenvalue weighted by Crippen LogP contribution is 2.34. The minimum atomic E-state index is -4.45. The molecule has 0 spiro atoms. The lowest BCUT2D eigenvalue weighted by molar-refractivity contribution is -0.137. The Kier molecular flexibility index (Phi) is 10.4. The van der Waals surface area contributed by atoms with Crippen LogP contribution in [0.1, 0.15) is 42.7 Å². The predicted molar refractivity (Wildman–Crippen MR) is 179 cm³/mol. The molecule has 0 fully saturated rings. The second-order valence-corrected chi connectivity index (χ2v) is 12.2. The molecule has 0 saturated carbocycles. The molecule has 0 aliphatic rings. The number of nitrogens with zero attached hydrogens (tertiary/aromatic N) is 4. The van der Waals surface area contributed by atoms with Crippen molar-refractivity contribution in [3.63, 3.8) is 0 Å². The lowest BCUT2D eigenvalue weighted by Crippen LogP contribution is -2.51. The van der Waals surface area contributed by atoms with Gasteiger partial charge in [0.15, 0.2) is 22.7 Å². The lowest BCUT2D eigenvalue weighted by Gasteiger charge is -2.37. The Balaban J connectivity index is 1.63. The third kappa shape index (κ3) is 7.44. The van der Waals surface area contributed by atoms with E-state index in [0.717, 1.165) is 18.2 Å². The van der Waals surface area contributed by atoms with Crippen molar-refractivity contribution in [1.29, 1.82) is 0 Å². The number of nitrogens with two attached hydrogens (primary N) is 1. The zero-order valence-electron chi connectivity index (χ0n) is 27.5. The summed E-state index contributed by atoms with van der Waals surface area (Å²) < 4.78 is 71.3. The average Bonchev–Trinajstić information content (AvgIpc) is 3.47. The van der Waals surface area contributed by atoms with Gasteiger partial charge in [-0.05, 0) is 72.8 Å². The maximum atomic E-state index is 14.7. The Labute approximate surface area is 280 Å². The van der Waals surface area contributed by atoms with E-state index in [4.69, 9.17) is 5.73 Å². The monoisotopic (exact) mass is 679 g/mol. The van der Waals surface area contributed by atoms with Crippen molar-refractivity contribution in [3.05, 3.63) is 123 Å². The van der Waals surface area contributed by atoms with Gasteiger partial charge in [-0.3, -0.25) is 14.3 Å². The number of hydrogen-bond donors (Lipinski definition) is 1. The number of amides is 1. The lowest BCUT2D eigenvalue weighted by atomic mass is 9.84. The van der Waals surface area contributed by atoms with Gasteiger partial charge in [-0.1, -0.05) is 62.4 Å². The van der Waals surface area contributed by atoms with Crippen molar-refractivity contribution in [2.24, 2.45) is 12.8 Å². The molecular weight excluding hydrogens is 641 g/mol. The molecule has 12 heteroatoms. The molecule has 2 aromatic heterocycles. The largest absolute Gasteiger partial charge is 0.416 e. The minimum absolute atomic E-state index is 0.0358. The molecule has 1 unspecified atom stereocenters. The fraction of sp³-hybridized carbons (Fsp3) is 0.324. The number of primary amides is 1. The molecular formula is C37H38F5N5O2. The number of fused-ring (bicyclic) bond motifs is 1. The number of pyridine rings is 1. The van der Waals surface area contributed by atoms with Gasteiger partial charge in [-0.15, -0.1) is 0 Å². The van der Waals surface area contributed by atoms with E-state index < -0.39 is 34.8 Å². The van der Waals surface area contributed by atoms with Crippen LogP contribution in [0.25, 0.3) is 22.2 Å². The Morgan fingerprint density at radius 1 is 0.918 bits per heavy atom. The summed E-state index contributed by atoms with van der Waals surface area (Å²) >= 11 is 0. The maximum Gasteiger partial charge on any atom is 0.416 e. The summed E-state index contributed by atoms with van der Waals surface area (Å²) in [6.45, 7) is 5.90. The van der Waals surface area contributed by atoms with Gasteiger partial charge in [0.25, 0.3) is 0 Å². The van der Waals surface area contributed by atoms with E-state index >= 15 is 0 Å². The van der Waals surface area contributed by atoms with Crippen LogP contribution in [0.2, 0.25) is 0 Å². The number of rotatable bonds is 13. The van der Waals surface area contributed by atoms with Crippen LogP contribution in [0.15, 0.2) is 83.8 Å². The minimum Gasteiger partial charge on any atom is -0.368 e. The molecule has 2 heterocycles. The first-order valence-corrected chi connectivity index (χ1v) is 16.1. The van der Waals surface area contributed by atoms with Crippen LogP contribution in [0.5, 0.6) is 0 Å². The van der Waals surface area contributed by atoms with E-state index in [1.807, 2.05) is 13.8 Å². The Morgan fingerprint density at radius 3 is 2.14 bits per heavy atom. The summed E-state index contributed by atoms with van der Waals surface area (Å²) in [5, 5.41) is 4.87. The summed E-state index contributed by atoms with van der Waals surface area (Å²) in [6.07, 6.45) is -2.44. The zero-order valence-corrected chi connectivity index (χ0v) is 27.5. The van der Waals surface area contributed by atoms with Gasteiger partial charge in [-0.2, -0.15) is 18.3 Å². The molecule has 1 amide bonds. The SMILES string of the molecule is CCN(CC)CCC(Cc1ccc(-c2ccc(C(F)(F)F)cc2)cc1)(C(N)=O)n1c(CCc2cccc(F)c2F)cc(=O)c2cn(C)nc21. The summed E-state index contributed by atoms with van der Waals surface area (Å²) in [4.78, 5) is 29.5. The van der Waals surface area contributed by atoms with Crippen LogP contribution in [0.4, 0.5) is 22.0 Å². The molecule has 7 nitrogen and oxygen atoms in total. The first kappa shape index (κ1) is 35.5. The second kappa shape index (κ2) is 14.3. The first-order chi connectivity index (χ1) is 23.3. The molecule has 0 saturated heterocycles. The van der Waals surface area contributed by atoms with Crippen LogP contribution in [0.3, 0.4) is 0 Å². The summed E-state index contributed by atoms with van der Waals surface area (Å²) in [6, 6.07) is 17.3. The van der Waals surface area contributed by atoms with Gasteiger partial charge in [-0.25, -0.2) is 8.78 Å². The molecule has 0 radical (unpaired) electrons. The smallest absolute Gasteiger partial charge is 0.368 e. The van der Waals surface area contributed by atoms with Crippen molar-refractivity contribution in [2.45, 2.75) is 51.2 Å². The molecule has 5 rings (SSSR count). The Bertz CT molecular complexity index is 2000. The van der Waals surface area contributed by atoms with Gasteiger partial charge in [0.1, 0.15) is 5.54 Å². The van der Waals surface area contributed by atoms with Gasteiger partial charge in [0.05, 0.1) is 10.9 Å². The number of halogens is 5. The summed E-state index contributed by atoms with van der Waals surface area (Å²) in [7, 11) is 1.66. The normalized spacial score (nSPS) is 13.2. The quantitative estimate of drug-likeness (QED) is 0.142. The van der Waals surface area contributed by atoms with Crippen LogP contribution < -0.4 is 11.2 Å². The van der Waals surface area contributed by atoms with Gasteiger partial charge >= 0.3 is 6.18 Å². The highest BCUT2D eigenvalue weighted by molar-refractivity contribution is 5.86. The Morgan fingerprint density at radius 2 is 1.55 bits per heavy atom. The number of hydrogen-bond acceptors (Lipinski definition) is 4. The van der Waals surface area contributed by atoms with Crippen LogP contribution in [0, 0.1) is 11.6 Å². The topological polar surface area (TPSA) is 86.1 Å². The van der Waals surface area contributed by atoms with E-state index in [2.05, 4.69) is 10.00 Å². The van der Waals surface area contributed by atoms with E-state index in [0.29, 0.717) is 42.0 Å². The van der Waals surface area contributed by atoms with E-state index in [1.54, 1.807) is 42.1 Å². The molecule has 49 heavy (non-hydrogen) atoms. The molecule has 258 valence electrons. The van der Waals surface area contributed by atoms with Gasteiger partial charge in [0.2, 0.25) is 5.91 Å². The highest BCUT2D eigenvalue weighted by atomic mass is 19.4. The third-order valence-electron chi connectivity index (χ3n) is 9.17. The number of carbonyl (C=O) groups is 1. The second-order valence-electron chi connectivity index (χ2n) is 12.2. The van der Waals surface area contributed by atoms with Crippen molar-refractivity contribution >= 4 is 16.9 Å². The van der Waals surface area contributed by atoms with Crippen molar-refractivity contribution < 1.29 is 26.7 Å². The summed E-state index contributed by atoms with van der Waals surface area (Å²) in [5.41, 5.74) is 6.53. The predicted octanol–water partition coefficient (Wildman–Crippen LogP) is 6.64. The molecule has 5 aromatic rings. The van der Waals surface area contributed by atoms with Crippen molar-refractivity contribution in [3.8, 4) is 11.1 Å². The first-order valence-electron chi connectivity index (χ1n) is 16.1. The number of aromatic nitrogens is 3.